The van der Waals surface area contributed by atoms with Crippen LogP contribution >= 0.6 is 23.4 Å². The van der Waals surface area contributed by atoms with Crippen molar-refractivity contribution in [3.05, 3.63) is 64.9 Å². The van der Waals surface area contributed by atoms with Crippen LogP contribution in [0, 0.1) is 5.82 Å². The maximum atomic E-state index is 13.0. The first kappa shape index (κ1) is 15.8. The van der Waals surface area contributed by atoms with E-state index in [0.717, 1.165) is 11.1 Å². The second-order valence-electron chi connectivity index (χ2n) is 4.97. The van der Waals surface area contributed by atoms with Crippen molar-refractivity contribution in [2.24, 2.45) is 0 Å². The lowest BCUT2D eigenvalue weighted by Gasteiger charge is -2.11. The van der Waals surface area contributed by atoms with Crippen molar-refractivity contribution in [2.45, 2.75) is 17.3 Å². The Morgan fingerprint density at radius 1 is 1.13 bits per heavy atom. The molecule has 0 aliphatic heterocycles. The van der Waals surface area contributed by atoms with Gasteiger partial charge in [-0.3, -0.25) is 0 Å². The maximum Gasteiger partial charge on any atom is 0.210 e. The highest BCUT2D eigenvalue weighted by Gasteiger charge is 2.17. The molecular weight excluding hydrogens is 335 g/mol. The van der Waals surface area contributed by atoms with E-state index in [4.69, 9.17) is 17.4 Å². The van der Waals surface area contributed by atoms with Gasteiger partial charge in [-0.1, -0.05) is 47.6 Å². The van der Waals surface area contributed by atoms with Crippen molar-refractivity contribution in [1.82, 2.24) is 14.9 Å². The van der Waals surface area contributed by atoms with Gasteiger partial charge in [-0.2, -0.15) is 0 Å². The molecular formula is C16H14ClFN4S. The second kappa shape index (κ2) is 6.60. The topological polar surface area (TPSA) is 56.7 Å². The van der Waals surface area contributed by atoms with Crippen LogP contribution in [0.25, 0.3) is 11.4 Å². The molecule has 0 saturated carbocycles. The van der Waals surface area contributed by atoms with Crippen molar-refractivity contribution in [1.29, 1.82) is 0 Å². The highest BCUT2D eigenvalue weighted by atomic mass is 35.5. The van der Waals surface area contributed by atoms with Crippen LogP contribution in [0.5, 0.6) is 0 Å². The van der Waals surface area contributed by atoms with Crippen molar-refractivity contribution in [3.63, 3.8) is 0 Å². The highest BCUT2D eigenvalue weighted by molar-refractivity contribution is 7.99. The Balaban J connectivity index is 1.85. The van der Waals surface area contributed by atoms with Crippen LogP contribution in [0.3, 0.4) is 0 Å². The maximum absolute atomic E-state index is 13.0. The number of halogens is 2. The van der Waals surface area contributed by atoms with Gasteiger partial charge in [0.05, 0.1) is 5.02 Å². The van der Waals surface area contributed by atoms with Gasteiger partial charge in [0.2, 0.25) is 5.16 Å². The number of nitrogens with two attached hydrogens (primary N) is 1. The smallest absolute Gasteiger partial charge is 0.210 e. The summed E-state index contributed by atoms with van der Waals surface area (Å²) in [4.78, 5) is 0. The van der Waals surface area contributed by atoms with Crippen LogP contribution in [0.1, 0.15) is 17.7 Å². The summed E-state index contributed by atoms with van der Waals surface area (Å²) in [5, 5.41) is 9.45. The molecule has 1 aromatic heterocycles. The molecule has 1 atom stereocenters. The molecule has 0 aliphatic carbocycles. The molecule has 23 heavy (non-hydrogen) atoms. The van der Waals surface area contributed by atoms with E-state index in [0.29, 0.717) is 16.0 Å². The fraction of sp³-hybridized carbons (Fsp3) is 0.125. The molecule has 3 rings (SSSR count). The molecule has 2 aromatic carbocycles. The molecule has 0 amide bonds. The van der Waals surface area contributed by atoms with Gasteiger partial charge in [0.25, 0.3) is 0 Å². The summed E-state index contributed by atoms with van der Waals surface area (Å²) in [7, 11) is 0. The molecule has 118 valence electrons. The van der Waals surface area contributed by atoms with E-state index in [1.54, 1.807) is 18.2 Å². The van der Waals surface area contributed by atoms with Crippen LogP contribution < -0.4 is 5.84 Å². The van der Waals surface area contributed by atoms with Crippen LogP contribution in [-0.2, 0) is 0 Å². The third kappa shape index (κ3) is 3.33. The van der Waals surface area contributed by atoms with Gasteiger partial charge in [-0.25, -0.2) is 9.07 Å². The van der Waals surface area contributed by atoms with Gasteiger partial charge < -0.3 is 5.84 Å². The summed E-state index contributed by atoms with van der Waals surface area (Å²) in [6.07, 6.45) is 0. The summed E-state index contributed by atoms with van der Waals surface area (Å²) in [6, 6.07) is 13.7. The Kier molecular flexibility index (Phi) is 4.54. The Morgan fingerprint density at radius 3 is 2.52 bits per heavy atom. The summed E-state index contributed by atoms with van der Waals surface area (Å²) >= 11 is 7.63. The normalized spacial score (nSPS) is 12.3. The molecule has 7 heteroatoms. The Bertz CT molecular complexity index is 819. The van der Waals surface area contributed by atoms with E-state index in [-0.39, 0.29) is 11.1 Å². The zero-order valence-electron chi connectivity index (χ0n) is 12.3. The first-order valence-electron chi connectivity index (χ1n) is 6.94. The van der Waals surface area contributed by atoms with Gasteiger partial charge in [0.1, 0.15) is 5.82 Å². The molecule has 0 spiro atoms. The predicted octanol–water partition coefficient (Wildman–Crippen LogP) is 4.30. The molecule has 0 aliphatic rings. The fourth-order valence-corrected chi connectivity index (χ4v) is 3.26. The van der Waals surface area contributed by atoms with Crippen molar-refractivity contribution in [3.8, 4) is 11.4 Å². The number of hydrogen-bond acceptors (Lipinski definition) is 4. The lowest BCUT2D eigenvalue weighted by atomic mass is 10.2. The van der Waals surface area contributed by atoms with Crippen molar-refractivity contribution in [2.75, 3.05) is 5.84 Å². The van der Waals surface area contributed by atoms with Crippen LogP contribution in [0.4, 0.5) is 4.39 Å². The minimum absolute atomic E-state index is 0.0567. The summed E-state index contributed by atoms with van der Waals surface area (Å²) in [5.74, 6) is 6.36. The predicted molar refractivity (Wildman–Crippen MR) is 91.3 cm³/mol. The van der Waals surface area contributed by atoms with Crippen molar-refractivity contribution < 1.29 is 4.39 Å². The van der Waals surface area contributed by atoms with E-state index in [2.05, 4.69) is 10.2 Å². The highest BCUT2D eigenvalue weighted by Crippen LogP contribution is 2.35. The SMILES string of the molecule is C[C@H](Sc1nnc(-c2ccccc2Cl)n1N)c1ccc(F)cc1. The number of rotatable bonds is 4. The lowest BCUT2D eigenvalue weighted by Crippen LogP contribution is -2.12. The third-order valence-electron chi connectivity index (χ3n) is 3.40. The summed E-state index contributed by atoms with van der Waals surface area (Å²) < 4.78 is 14.4. The summed E-state index contributed by atoms with van der Waals surface area (Å²) in [5.41, 5.74) is 1.71. The number of nitrogens with zero attached hydrogens (tertiary/aromatic N) is 3. The van der Waals surface area contributed by atoms with Gasteiger partial charge in [-0.05, 0) is 36.8 Å². The largest absolute Gasteiger partial charge is 0.335 e. The molecule has 0 radical (unpaired) electrons. The zero-order valence-corrected chi connectivity index (χ0v) is 13.9. The third-order valence-corrected chi connectivity index (χ3v) is 4.85. The van der Waals surface area contributed by atoms with E-state index >= 15 is 0 Å². The monoisotopic (exact) mass is 348 g/mol. The molecule has 0 fully saturated rings. The number of thioether (sulfide) groups is 1. The Morgan fingerprint density at radius 2 is 1.83 bits per heavy atom. The number of nitrogen functional groups attached to an aromatic ring is 1. The Hall–Kier alpha value is -2.05. The molecule has 0 bridgehead atoms. The molecule has 1 heterocycles. The second-order valence-corrected chi connectivity index (χ2v) is 6.68. The first-order valence-corrected chi connectivity index (χ1v) is 8.19. The number of hydrogen-bond donors (Lipinski definition) is 1. The first-order chi connectivity index (χ1) is 11.1. The standard InChI is InChI=1S/C16H14ClFN4S/c1-10(11-6-8-12(18)9-7-11)23-16-21-20-15(22(16)19)13-4-2-3-5-14(13)17/h2-10H,19H2,1H3/t10-/m0/s1. The molecule has 0 unspecified atom stereocenters. The van der Waals surface area contributed by atoms with E-state index in [1.165, 1.54) is 28.6 Å². The van der Waals surface area contributed by atoms with Gasteiger partial charge in [0.15, 0.2) is 5.82 Å². The van der Waals surface area contributed by atoms with Gasteiger partial charge in [-0.15, -0.1) is 10.2 Å². The molecule has 3 aromatic rings. The summed E-state index contributed by atoms with van der Waals surface area (Å²) in [6.45, 7) is 2.00. The number of benzene rings is 2. The average Bonchev–Trinajstić information content (AvgIpc) is 2.89. The molecule has 4 nitrogen and oxygen atoms in total. The van der Waals surface area contributed by atoms with Crippen LogP contribution in [-0.4, -0.2) is 14.9 Å². The van der Waals surface area contributed by atoms with Crippen LogP contribution in [0.15, 0.2) is 53.7 Å². The van der Waals surface area contributed by atoms with Crippen molar-refractivity contribution >= 4 is 23.4 Å². The number of aromatic nitrogens is 3. The lowest BCUT2D eigenvalue weighted by molar-refractivity contribution is 0.627. The average molecular weight is 349 g/mol. The zero-order chi connectivity index (χ0) is 16.4. The quantitative estimate of drug-likeness (QED) is 0.564. The minimum atomic E-state index is -0.256. The Labute approximate surface area is 142 Å². The minimum Gasteiger partial charge on any atom is -0.335 e. The van der Waals surface area contributed by atoms with E-state index < -0.39 is 0 Å². The fourth-order valence-electron chi connectivity index (χ4n) is 2.14. The van der Waals surface area contributed by atoms with Gasteiger partial charge >= 0.3 is 0 Å². The van der Waals surface area contributed by atoms with Gasteiger partial charge in [0, 0.05) is 10.8 Å². The van der Waals surface area contributed by atoms with E-state index in [9.17, 15) is 4.39 Å². The molecule has 2 N–H and O–H groups in total. The van der Waals surface area contributed by atoms with E-state index in [1.807, 2.05) is 25.1 Å². The van der Waals surface area contributed by atoms with Crippen LogP contribution in [0.2, 0.25) is 5.02 Å². The molecule has 0 saturated heterocycles.